The molecule has 2 rings (SSSR count). The van der Waals surface area contributed by atoms with E-state index < -0.39 is 7.73 Å². The van der Waals surface area contributed by atoms with Crippen molar-refractivity contribution in [3.05, 3.63) is 0 Å². The van der Waals surface area contributed by atoms with Gasteiger partial charge in [0.2, 0.25) is 0 Å². The molecule has 4 heteroatoms. The van der Waals surface area contributed by atoms with Gasteiger partial charge in [-0.25, -0.2) is 0 Å². The van der Waals surface area contributed by atoms with Gasteiger partial charge < -0.3 is 9.05 Å². The second kappa shape index (κ2) is 9.54. The minimum atomic E-state index is -1.29. The summed E-state index contributed by atoms with van der Waals surface area (Å²) in [6.07, 6.45) is 7.97. The van der Waals surface area contributed by atoms with Crippen molar-refractivity contribution < 1.29 is 9.05 Å². The van der Waals surface area contributed by atoms with Gasteiger partial charge in [0, 0.05) is 0 Å². The largest absolute Gasteiger partial charge is 0.319 e. The third kappa shape index (κ3) is 5.83. The zero-order valence-electron chi connectivity index (χ0n) is 16.5. The number of rotatable bonds is 6. The van der Waals surface area contributed by atoms with Gasteiger partial charge in [-0.15, -0.1) is 0 Å². The average Bonchev–Trinajstić information content (AvgIpc) is 2.46. The maximum atomic E-state index is 6.60. The van der Waals surface area contributed by atoms with E-state index in [0.29, 0.717) is 23.7 Å². The Bertz CT molecular complexity index is 343. The van der Waals surface area contributed by atoms with Gasteiger partial charge in [0.25, 0.3) is 7.73 Å². The molecular weight excluding hydrogens is 339 g/mol. The molecule has 0 aromatic heterocycles. The standard InChI is InChI=1S/C20H38ClO2P/c1-13(2)17-9-7-15(5)11-19(17)22-24(21)23-20-12-16(6)8-10-18(20)14(3)4/h13-20H,7-12H2,1-6H3/t15-,16-,17+,18+,19-,20-/m1/s1. The van der Waals surface area contributed by atoms with Gasteiger partial charge in [-0.05, 0) is 72.4 Å². The Labute approximate surface area is 156 Å². The minimum absolute atomic E-state index is 0.274. The Kier molecular flexibility index (Phi) is 8.33. The summed E-state index contributed by atoms with van der Waals surface area (Å²) >= 11 is 6.60. The van der Waals surface area contributed by atoms with Crippen LogP contribution >= 0.6 is 19.0 Å². The molecule has 0 bridgehead atoms. The van der Waals surface area contributed by atoms with E-state index in [-0.39, 0.29) is 12.2 Å². The number of hydrogen-bond donors (Lipinski definition) is 0. The second-order valence-corrected chi connectivity index (χ2v) is 10.8. The summed E-state index contributed by atoms with van der Waals surface area (Å²) in [4.78, 5) is 0. The molecule has 24 heavy (non-hydrogen) atoms. The molecule has 0 spiro atoms. The summed E-state index contributed by atoms with van der Waals surface area (Å²) < 4.78 is 12.6. The van der Waals surface area contributed by atoms with Crippen molar-refractivity contribution >= 4 is 19.0 Å². The monoisotopic (exact) mass is 376 g/mol. The predicted molar refractivity (Wildman–Crippen MR) is 105 cm³/mol. The fourth-order valence-corrected chi connectivity index (χ4v) is 6.28. The van der Waals surface area contributed by atoms with Crippen LogP contribution in [-0.2, 0) is 9.05 Å². The van der Waals surface area contributed by atoms with Gasteiger partial charge in [-0.3, -0.25) is 0 Å². The molecule has 6 atom stereocenters. The van der Waals surface area contributed by atoms with Crippen LogP contribution in [-0.4, -0.2) is 12.2 Å². The zero-order valence-corrected chi connectivity index (χ0v) is 18.2. The molecule has 0 radical (unpaired) electrons. The fraction of sp³-hybridized carbons (Fsp3) is 1.00. The molecule has 2 aliphatic rings. The first-order valence-corrected chi connectivity index (χ1v) is 12.2. The first-order chi connectivity index (χ1) is 11.3. The molecule has 0 aromatic rings. The van der Waals surface area contributed by atoms with E-state index in [4.69, 9.17) is 20.3 Å². The van der Waals surface area contributed by atoms with E-state index in [1.807, 2.05) is 0 Å². The highest BCUT2D eigenvalue weighted by molar-refractivity contribution is 7.76. The van der Waals surface area contributed by atoms with Crippen LogP contribution < -0.4 is 0 Å². The van der Waals surface area contributed by atoms with Crippen LogP contribution in [0.15, 0.2) is 0 Å². The molecule has 0 amide bonds. The van der Waals surface area contributed by atoms with Crippen LogP contribution in [0.1, 0.15) is 80.1 Å². The van der Waals surface area contributed by atoms with Crippen LogP contribution in [0.4, 0.5) is 0 Å². The van der Waals surface area contributed by atoms with Crippen molar-refractivity contribution in [1.29, 1.82) is 0 Å². The SMILES string of the molecule is CC(C)[C@@H]1CC[C@@H](C)C[C@H]1OP(Cl)O[C@@H]1C[C@H](C)CC[C@H]1C(C)C. The van der Waals surface area contributed by atoms with Crippen LogP contribution in [0, 0.1) is 35.5 Å². The molecule has 0 N–H and O–H groups in total. The summed E-state index contributed by atoms with van der Waals surface area (Å²) in [5, 5.41) is 0. The topological polar surface area (TPSA) is 18.5 Å². The lowest BCUT2D eigenvalue weighted by Gasteiger charge is -2.40. The molecule has 2 nitrogen and oxygen atoms in total. The zero-order chi connectivity index (χ0) is 17.9. The maximum Gasteiger partial charge on any atom is 0.277 e. The molecular formula is C20H38ClO2P. The third-order valence-electron chi connectivity index (χ3n) is 6.36. The van der Waals surface area contributed by atoms with E-state index in [0.717, 1.165) is 24.7 Å². The Morgan fingerprint density at radius 1 is 0.750 bits per heavy atom. The average molecular weight is 377 g/mol. The van der Waals surface area contributed by atoms with Crippen LogP contribution in [0.5, 0.6) is 0 Å². The smallest absolute Gasteiger partial charge is 0.277 e. The third-order valence-corrected chi connectivity index (χ3v) is 7.71. The molecule has 2 fully saturated rings. The summed E-state index contributed by atoms with van der Waals surface area (Å²) in [6, 6.07) is 0. The van der Waals surface area contributed by atoms with Gasteiger partial charge in [0.05, 0.1) is 12.2 Å². The van der Waals surface area contributed by atoms with Crippen LogP contribution in [0.25, 0.3) is 0 Å². The lowest BCUT2D eigenvalue weighted by atomic mass is 9.75. The van der Waals surface area contributed by atoms with Crippen LogP contribution in [0.2, 0.25) is 0 Å². The van der Waals surface area contributed by atoms with Crippen molar-refractivity contribution in [1.82, 2.24) is 0 Å². The maximum absolute atomic E-state index is 6.60. The van der Waals surface area contributed by atoms with E-state index in [1.54, 1.807) is 0 Å². The molecule has 0 aliphatic heterocycles. The quantitative estimate of drug-likeness (QED) is 0.449. The summed E-state index contributed by atoms with van der Waals surface area (Å²) in [5.74, 6) is 4.03. The molecule has 2 saturated carbocycles. The normalized spacial score (nSPS) is 38.2. The fourth-order valence-electron chi connectivity index (χ4n) is 4.71. The van der Waals surface area contributed by atoms with E-state index in [2.05, 4.69) is 41.5 Å². The summed E-state index contributed by atoms with van der Waals surface area (Å²) in [5.41, 5.74) is 0. The highest BCUT2D eigenvalue weighted by Crippen LogP contribution is 2.53. The van der Waals surface area contributed by atoms with Crippen molar-refractivity contribution in [2.24, 2.45) is 35.5 Å². The number of hydrogen-bond acceptors (Lipinski definition) is 2. The van der Waals surface area contributed by atoms with E-state index in [1.165, 1.54) is 25.7 Å². The minimum Gasteiger partial charge on any atom is -0.319 e. The highest BCUT2D eigenvalue weighted by atomic mass is 35.7. The molecule has 0 saturated heterocycles. The van der Waals surface area contributed by atoms with Crippen LogP contribution in [0.3, 0.4) is 0 Å². The first-order valence-electron chi connectivity index (χ1n) is 10.1. The first kappa shape index (κ1) is 20.9. The second-order valence-electron chi connectivity index (χ2n) is 9.15. The van der Waals surface area contributed by atoms with Crippen molar-refractivity contribution in [3.63, 3.8) is 0 Å². The van der Waals surface area contributed by atoms with Gasteiger partial charge >= 0.3 is 0 Å². The Hall–Kier alpha value is 0.640. The Morgan fingerprint density at radius 3 is 1.46 bits per heavy atom. The summed E-state index contributed by atoms with van der Waals surface area (Å²) in [6.45, 7) is 13.9. The Morgan fingerprint density at radius 2 is 1.12 bits per heavy atom. The molecule has 0 unspecified atom stereocenters. The lowest BCUT2D eigenvalue weighted by Crippen LogP contribution is -2.35. The number of halogens is 1. The van der Waals surface area contributed by atoms with Gasteiger partial charge in [0.1, 0.15) is 0 Å². The van der Waals surface area contributed by atoms with Crippen molar-refractivity contribution in [2.45, 2.75) is 92.3 Å². The molecule has 2 aliphatic carbocycles. The van der Waals surface area contributed by atoms with Gasteiger partial charge in [-0.2, -0.15) is 0 Å². The summed E-state index contributed by atoms with van der Waals surface area (Å²) in [7, 11) is -1.29. The lowest BCUT2D eigenvalue weighted by molar-refractivity contribution is 0.0147. The van der Waals surface area contributed by atoms with E-state index >= 15 is 0 Å². The van der Waals surface area contributed by atoms with Crippen molar-refractivity contribution in [3.8, 4) is 0 Å². The van der Waals surface area contributed by atoms with Crippen molar-refractivity contribution in [2.75, 3.05) is 0 Å². The van der Waals surface area contributed by atoms with Gasteiger partial charge in [-0.1, -0.05) is 54.4 Å². The highest BCUT2D eigenvalue weighted by Gasteiger charge is 2.37. The molecule has 142 valence electrons. The molecule has 0 heterocycles. The van der Waals surface area contributed by atoms with Gasteiger partial charge in [0.15, 0.2) is 0 Å². The molecule has 0 aromatic carbocycles. The predicted octanol–water partition coefficient (Wildman–Crippen LogP) is 7.41. The van der Waals surface area contributed by atoms with E-state index in [9.17, 15) is 0 Å². The Balaban J connectivity index is 1.93.